The molecule has 0 saturated carbocycles. The molecule has 1 rings (SSSR count). The number of hydrogen-bond donors (Lipinski definition) is 1. The first-order chi connectivity index (χ1) is 7.77. The van der Waals surface area contributed by atoms with E-state index in [1.807, 2.05) is 6.20 Å². The molecule has 1 aromatic heterocycles. The van der Waals surface area contributed by atoms with Crippen molar-refractivity contribution < 1.29 is 4.74 Å². The van der Waals surface area contributed by atoms with Crippen LogP contribution in [0.15, 0.2) is 12.3 Å². The van der Waals surface area contributed by atoms with Crippen molar-refractivity contribution >= 4 is 0 Å². The van der Waals surface area contributed by atoms with Gasteiger partial charge in [0.1, 0.15) is 0 Å². The maximum Gasteiger partial charge on any atom is 0.0587 e. The lowest BCUT2D eigenvalue weighted by Crippen LogP contribution is -2.21. The second-order valence-electron chi connectivity index (χ2n) is 4.19. The van der Waals surface area contributed by atoms with E-state index in [-0.39, 0.29) is 0 Å². The molecule has 1 atom stereocenters. The lowest BCUT2D eigenvalue weighted by atomic mass is 10.1. The number of aromatic nitrogens is 2. The number of ether oxygens (including phenoxy) is 1. The summed E-state index contributed by atoms with van der Waals surface area (Å²) in [4.78, 5) is 0. The molecule has 0 spiro atoms. The molecule has 0 saturated heterocycles. The molecule has 4 nitrogen and oxygen atoms in total. The van der Waals surface area contributed by atoms with Crippen LogP contribution in [0, 0.1) is 5.92 Å². The van der Waals surface area contributed by atoms with Gasteiger partial charge in [-0.1, -0.05) is 20.3 Å². The maximum atomic E-state index is 4.99. The first kappa shape index (κ1) is 13.2. The molecule has 16 heavy (non-hydrogen) atoms. The molecule has 0 aliphatic rings. The van der Waals surface area contributed by atoms with Crippen molar-refractivity contribution in [1.82, 2.24) is 15.1 Å². The first-order valence-electron chi connectivity index (χ1n) is 5.98. The highest BCUT2D eigenvalue weighted by molar-refractivity contribution is 5.00. The number of methoxy groups -OCH3 is 1. The summed E-state index contributed by atoms with van der Waals surface area (Å²) in [5.41, 5.74) is 1.25. The number of nitrogens with zero attached hydrogens (tertiary/aromatic N) is 2. The fourth-order valence-corrected chi connectivity index (χ4v) is 1.49. The largest absolute Gasteiger partial charge is 0.383 e. The predicted molar refractivity (Wildman–Crippen MR) is 65.3 cm³/mol. The van der Waals surface area contributed by atoms with E-state index >= 15 is 0 Å². The SMILES string of the molecule is CCC(C)Cn1nccc1CNCCOC. The van der Waals surface area contributed by atoms with E-state index in [2.05, 4.69) is 35.0 Å². The molecule has 1 heterocycles. The molecule has 4 heteroatoms. The minimum absolute atomic E-state index is 0.678. The van der Waals surface area contributed by atoms with Crippen LogP contribution in [0.4, 0.5) is 0 Å². The van der Waals surface area contributed by atoms with Crippen LogP contribution in [0.5, 0.6) is 0 Å². The van der Waals surface area contributed by atoms with Crippen LogP contribution in [-0.2, 0) is 17.8 Å². The Kier molecular flexibility index (Phi) is 6.11. The standard InChI is InChI=1S/C12H23N3O/c1-4-11(2)10-15-12(5-6-14-15)9-13-7-8-16-3/h5-6,11,13H,4,7-10H2,1-3H3. The summed E-state index contributed by atoms with van der Waals surface area (Å²) in [6, 6.07) is 2.07. The molecule has 1 aromatic rings. The summed E-state index contributed by atoms with van der Waals surface area (Å²) < 4.78 is 7.08. The summed E-state index contributed by atoms with van der Waals surface area (Å²) in [5.74, 6) is 0.678. The zero-order chi connectivity index (χ0) is 11.8. The summed E-state index contributed by atoms with van der Waals surface area (Å²) in [7, 11) is 1.72. The summed E-state index contributed by atoms with van der Waals surface area (Å²) >= 11 is 0. The van der Waals surface area contributed by atoms with E-state index in [0.717, 1.165) is 26.2 Å². The normalized spacial score (nSPS) is 12.9. The van der Waals surface area contributed by atoms with Gasteiger partial charge in [0.2, 0.25) is 0 Å². The molecule has 0 aromatic carbocycles. The van der Waals surface area contributed by atoms with Crippen molar-refractivity contribution in [1.29, 1.82) is 0 Å². The van der Waals surface area contributed by atoms with Crippen molar-refractivity contribution in [2.75, 3.05) is 20.3 Å². The molecule has 0 bridgehead atoms. The summed E-state index contributed by atoms with van der Waals surface area (Å²) in [6.07, 6.45) is 3.06. The average Bonchev–Trinajstić information content (AvgIpc) is 2.72. The highest BCUT2D eigenvalue weighted by Crippen LogP contribution is 2.07. The van der Waals surface area contributed by atoms with Gasteiger partial charge in [0.25, 0.3) is 0 Å². The Morgan fingerprint density at radius 3 is 3.06 bits per heavy atom. The van der Waals surface area contributed by atoms with Gasteiger partial charge in [0.05, 0.1) is 12.3 Å². The fraction of sp³-hybridized carbons (Fsp3) is 0.750. The molecule has 1 N–H and O–H groups in total. The Hall–Kier alpha value is -0.870. The molecule has 1 unspecified atom stereocenters. The maximum absolute atomic E-state index is 4.99. The number of nitrogens with one attached hydrogen (secondary N) is 1. The Balaban J connectivity index is 2.38. The van der Waals surface area contributed by atoms with E-state index in [4.69, 9.17) is 4.74 Å². The summed E-state index contributed by atoms with van der Waals surface area (Å²) in [6.45, 7) is 7.96. The van der Waals surface area contributed by atoms with E-state index in [1.165, 1.54) is 12.1 Å². The van der Waals surface area contributed by atoms with Gasteiger partial charge < -0.3 is 10.1 Å². The topological polar surface area (TPSA) is 39.1 Å². The molecule has 0 aliphatic heterocycles. The molecule has 0 fully saturated rings. The van der Waals surface area contributed by atoms with Gasteiger partial charge in [-0.2, -0.15) is 5.10 Å². The van der Waals surface area contributed by atoms with Crippen molar-refractivity contribution in [3.8, 4) is 0 Å². The lowest BCUT2D eigenvalue weighted by Gasteiger charge is -2.12. The average molecular weight is 225 g/mol. The Bertz CT molecular complexity index is 286. The Morgan fingerprint density at radius 1 is 1.56 bits per heavy atom. The third kappa shape index (κ3) is 4.33. The Labute approximate surface area is 98.0 Å². The zero-order valence-electron chi connectivity index (χ0n) is 10.6. The van der Waals surface area contributed by atoms with Gasteiger partial charge in [-0.15, -0.1) is 0 Å². The monoisotopic (exact) mass is 225 g/mol. The predicted octanol–water partition coefficient (Wildman–Crippen LogP) is 1.67. The van der Waals surface area contributed by atoms with E-state index in [0.29, 0.717) is 5.92 Å². The second kappa shape index (κ2) is 7.41. The first-order valence-corrected chi connectivity index (χ1v) is 5.98. The number of hydrogen-bond acceptors (Lipinski definition) is 3. The van der Waals surface area contributed by atoms with E-state index in [1.54, 1.807) is 7.11 Å². The Morgan fingerprint density at radius 2 is 2.38 bits per heavy atom. The van der Waals surface area contributed by atoms with Crippen LogP contribution in [0.25, 0.3) is 0 Å². The highest BCUT2D eigenvalue weighted by Gasteiger charge is 2.05. The molecule has 0 radical (unpaired) electrons. The smallest absolute Gasteiger partial charge is 0.0587 e. The molecule has 0 amide bonds. The number of rotatable bonds is 8. The van der Waals surface area contributed by atoms with Crippen molar-refractivity contribution in [2.45, 2.75) is 33.4 Å². The quantitative estimate of drug-likeness (QED) is 0.684. The second-order valence-corrected chi connectivity index (χ2v) is 4.19. The van der Waals surface area contributed by atoms with Crippen LogP contribution in [0.1, 0.15) is 26.0 Å². The van der Waals surface area contributed by atoms with Gasteiger partial charge in [-0.25, -0.2) is 0 Å². The van der Waals surface area contributed by atoms with Crippen LogP contribution >= 0.6 is 0 Å². The van der Waals surface area contributed by atoms with Gasteiger partial charge in [-0.3, -0.25) is 4.68 Å². The van der Waals surface area contributed by atoms with Gasteiger partial charge in [-0.05, 0) is 12.0 Å². The van der Waals surface area contributed by atoms with E-state index in [9.17, 15) is 0 Å². The molecular weight excluding hydrogens is 202 g/mol. The molecule has 92 valence electrons. The van der Waals surface area contributed by atoms with Gasteiger partial charge in [0.15, 0.2) is 0 Å². The third-order valence-corrected chi connectivity index (χ3v) is 2.78. The van der Waals surface area contributed by atoms with Gasteiger partial charge >= 0.3 is 0 Å². The molecule has 0 aliphatic carbocycles. The van der Waals surface area contributed by atoms with Gasteiger partial charge in [0, 0.05) is 32.9 Å². The van der Waals surface area contributed by atoms with E-state index < -0.39 is 0 Å². The van der Waals surface area contributed by atoms with Crippen molar-refractivity contribution in [3.63, 3.8) is 0 Å². The molecular formula is C12H23N3O. The summed E-state index contributed by atoms with van der Waals surface area (Å²) in [5, 5.41) is 7.68. The minimum atomic E-state index is 0.678. The van der Waals surface area contributed by atoms with Crippen LogP contribution in [-0.4, -0.2) is 30.0 Å². The fourth-order valence-electron chi connectivity index (χ4n) is 1.49. The zero-order valence-corrected chi connectivity index (χ0v) is 10.6. The third-order valence-electron chi connectivity index (χ3n) is 2.78. The van der Waals surface area contributed by atoms with Crippen molar-refractivity contribution in [3.05, 3.63) is 18.0 Å². The van der Waals surface area contributed by atoms with Crippen LogP contribution < -0.4 is 5.32 Å². The highest BCUT2D eigenvalue weighted by atomic mass is 16.5. The lowest BCUT2D eigenvalue weighted by molar-refractivity contribution is 0.199. The van der Waals surface area contributed by atoms with Crippen LogP contribution in [0.3, 0.4) is 0 Å². The van der Waals surface area contributed by atoms with Crippen LogP contribution in [0.2, 0.25) is 0 Å². The minimum Gasteiger partial charge on any atom is -0.383 e. The van der Waals surface area contributed by atoms with Crippen molar-refractivity contribution in [2.24, 2.45) is 5.92 Å².